The summed E-state index contributed by atoms with van der Waals surface area (Å²) >= 11 is 0. The molecule has 0 spiro atoms. The highest BCUT2D eigenvalue weighted by atomic mass is 16.5. The van der Waals surface area contributed by atoms with Crippen LogP contribution >= 0.6 is 0 Å². The van der Waals surface area contributed by atoms with Crippen molar-refractivity contribution >= 4 is 11.9 Å². The Hall–Kier alpha value is -2.04. The maximum atomic E-state index is 9.59. The van der Waals surface area contributed by atoms with Crippen LogP contribution < -0.4 is 4.74 Å². The van der Waals surface area contributed by atoms with Crippen LogP contribution in [-0.2, 0) is 19.1 Å². The molecule has 0 radical (unpaired) electrons. The lowest BCUT2D eigenvalue weighted by atomic mass is 10.2. The number of methoxy groups -OCH3 is 3. The number of rotatable bonds is 1. The van der Waals surface area contributed by atoms with Gasteiger partial charge in [-0.2, -0.15) is 0 Å². The van der Waals surface area contributed by atoms with Crippen molar-refractivity contribution in [3.8, 4) is 5.75 Å². The summed E-state index contributed by atoms with van der Waals surface area (Å²) in [7, 11) is 4.37. The number of ether oxygens (including phenoxy) is 3. The predicted molar refractivity (Wildman–Crippen MR) is 73.1 cm³/mol. The molecular formula is C14H22O5. The second-order valence-electron chi connectivity index (χ2n) is 3.41. The van der Waals surface area contributed by atoms with E-state index in [2.05, 4.69) is 16.4 Å². The van der Waals surface area contributed by atoms with Gasteiger partial charge in [0.15, 0.2) is 0 Å². The zero-order chi connectivity index (χ0) is 15.3. The fraction of sp³-hybridized carbons (Fsp3) is 0.429. The quantitative estimate of drug-likeness (QED) is 0.733. The summed E-state index contributed by atoms with van der Waals surface area (Å²) in [6.45, 7) is 4.78. The van der Waals surface area contributed by atoms with E-state index in [0.717, 1.165) is 5.75 Å². The molecule has 1 aromatic carbocycles. The lowest BCUT2D eigenvalue weighted by Gasteiger charge is -1.97. The molecule has 19 heavy (non-hydrogen) atoms. The predicted octanol–water partition coefficient (Wildman–Crippen LogP) is 2.36. The van der Waals surface area contributed by atoms with Crippen LogP contribution in [0, 0.1) is 6.92 Å². The number of hydrogen-bond donors (Lipinski definition) is 0. The van der Waals surface area contributed by atoms with Gasteiger partial charge in [0.05, 0.1) is 21.3 Å². The van der Waals surface area contributed by atoms with Crippen LogP contribution in [0.2, 0.25) is 0 Å². The molecule has 5 nitrogen and oxygen atoms in total. The van der Waals surface area contributed by atoms with E-state index in [4.69, 9.17) is 4.74 Å². The van der Waals surface area contributed by atoms with E-state index in [1.54, 1.807) is 7.11 Å². The van der Waals surface area contributed by atoms with E-state index in [1.807, 2.05) is 24.3 Å². The van der Waals surface area contributed by atoms with Crippen LogP contribution in [0.3, 0.4) is 0 Å². The highest BCUT2D eigenvalue weighted by molar-refractivity contribution is 5.65. The number of benzene rings is 1. The van der Waals surface area contributed by atoms with E-state index in [1.165, 1.54) is 33.6 Å². The Kier molecular flexibility index (Phi) is 12.6. The molecule has 0 aromatic heterocycles. The van der Waals surface area contributed by atoms with Gasteiger partial charge in [0.25, 0.3) is 0 Å². The van der Waals surface area contributed by atoms with Gasteiger partial charge in [-0.3, -0.25) is 9.59 Å². The van der Waals surface area contributed by atoms with Crippen LogP contribution in [0.15, 0.2) is 24.3 Å². The molecule has 0 saturated heterocycles. The first kappa shape index (κ1) is 19.3. The van der Waals surface area contributed by atoms with Crippen molar-refractivity contribution in [3.63, 3.8) is 0 Å². The van der Waals surface area contributed by atoms with Crippen molar-refractivity contribution in [1.82, 2.24) is 0 Å². The fourth-order valence-electron chi connectivity index (χ4n) is 0.674. The zero-order valence-electron chi connectivity index (χ0n) is 12.4. The van der Waals surface area contributed by atoms with Gasteiger partial charge in [-0.05, 0) is 19.1 Å². The average Bonchev–Trinajstić information content (AvgIpc) is 2.41. The van der Waals surface area contributed by atoms with Gasteiger partial charge in [-0.25, -0.2) is 0 Å². The number of hydrogen-bond acceptors (Lipinski definition) is 5. The molecule has 0 aliphatic heterocycles. The Morgan fingerprint density at radius 3 is 1.37 bits per heavy atom. The maximum absolute atomic E-state index is 9.59. The van der Waals surface area contributed by atoms with Gasteiger partial charge in [0.1, 0.15) is 5.75 Å². The molecule has 0 amide bonds. The molecule has 0 saturated carbocycles. The number of carbonyl (C=O) groups excluding carboxylic acids is 2. The van der Waals surface area contributed by atoms with Crippen LogP contribution in [0.1, 0.15) is 19.4 Å². The monoisotopic (exact) mass is 270 g/mol. The summed E-state index contributed by atoms with van der Waals surface area (Å²) in [6, 6.07) is 7.96. The highest BCUT2D eigenvalue weighted by Gasteiger charge is 1.85. The standard InChI is InChI=1S/C8H10O.2C3H6O2/c1-7-3-5-8(9-2)6-4-7;2*1-3(4)5-2/h3-6H,1-2H3;2*1-2H3. The van der Waals surface area contributed by atoms with Crippen LogP contribution in [0.5, 0.6) is 5.75 Å². The molecule has 0 N–H and O–H groups in total. The molecule has 0 bridgehead atoms. The fourth-order valence-corrected chi connectivity index (χ4v) is 0.674. The summed E-state index contributed by atoms with van der Waals surface area (Å²) < 4.78 is 13.2. The molecule has 0 atom stereocenters. The van der Waals surface area contributed by atoms with Crippen molar-refractivity contribution in [1.29, 1.82) is 0 Å². The molecule has 5 heteroatoms. The van der Waals surface area contributed by atoms with Crippen LogP contribution in [0.4, 0.5) is 0 Å². The smallest absolute Gasteiger partial charge is 0.302 e. The van der Waals surface area contributed by atoms with Gasteiger partial charge < -0.3 is 14.2 Å². The Morgan fingerprint density at radius 1 is 0.842 bits per heavy atom. The lowest BCUT2D eigenvalue weighted by molar-refractivity contribution is -0.138. The number of aryl methyl sites for hydroxylation is 1. The normalized spacial score (nSPS) is 7.89. The summed E-state index contributed by atoms with van der Waals surface area (Å²) in [6.07, 6.45) is 0. The minimum Gasteiger partial charge on any atom is -0.497 e. The third-order valence-corrected chi connectivity index (χ3v) is 1.83. The number of esters is 2. The zero-order valence-corrected chi connectivity index (χ0v) is 12.4. The summed E-state index contributed by atoms with van der Waals surface area (Å²) in [5.74, 6) is 0.426. The lowest BCUT2D eigenvalue weighted by Crippen LogP contribution is -1.88. The van der Waals surface area contributed by atoms with Crippen LogP contribution in [0.25, 0.3) is 0 Å². The van der Waals surface area contributed by atoms with Crippen molar-refractivity contribution in [2.24, 2.45) is 0 Å². The Bertz CT molecular complexity index is 343. The first-order chi connectivity index (χ1) is 8.87. The average molecular weight is 270 g/mol. The van der Waals surface area contributed by atoms with Crippen molar-refractivity contribution in [3.05, 3.63) is 29.8 Å². The van der Waals surface area contributed by atoms with Crippen LogP contribution in [-0.4, -0.2) is 33.3 Å². The summed E-state index contributed by atoms with van der Waals surface area (Å²) in [5.41, 5.74) is 1.26. The van der Waals surface area contributed by atoms with E-state index in [0.29, 0.717) is 0 Å². The van der Waals surface area contributed by atoms with E-state index >= 15 is 0 Å². The Labute approximate surface area is 114 Å². The van der Waals surface area contributed by atoms with Crippen molar-refractivity contribution in [2.45, 2.75) is 20.8 Å². The first-order valence-electron chi connectivity index (χ1n) is 5.57. The molecule has 0 unspecified atom stereocenters. The summed E-state index contributed by atoms with van der Waals surface area (Å²) in [4.78, 5) is 19.2. The van der Waals surface area contributed by atoms with E-state index in [9.17, 15) is 9.59 Å². The Morgan fingerprint density at radius 2 is 1.16 bits per heavy atom. The van der Waals surface area contributed by atoms with Gasteiger partial charge >= 0.3 is 11.9 Å². The summed E-state index contributed by atoms with van der Waals surface area (Å²) in [5, 5.41) is 0. The largest absolute Gasteiger partial charge is 0.497 e. The van der Waals surface area contributed by atoms with Crippen molar-refractivity contribution < 1.29 is 23.8 Å². The topological polar surface area (TPSA) is 61.8 Å². The molecule has 108 valence electrons. The molecule has 0 heterocycles. The van der Waals surface area contributed by atoms with Gasteiger partial charge in [-0.1, -0.05) is 17.7 Å². The SMILES string of the molecule is COC(C)=O.COC(C)=O.COc1ccc(C)cc1. The number of carbonyl (C=O) groups is 2. The van der Waals surface area contributed by atoms with Gasteiger partial charge in [0, 0.05) is 13.8 Å². The molecular weight excluding hydrogens is 248 g/mol. The molecule has 1 aromatic rings. The van der Waals surface area contributed by atoms with Gasteiger partial charge in [0.2, 0.25) is 0 Å². The minimum atomic E-state index is -0.245. The molecule has 0 aliphatic rings. The first-order valence-corrected chi connectivity index (χ1v) is 5.57. The highest BCUT2D eigenvalue weighted by Crippen LogP contribution is 2.09. The minimum absolute atomic E-state index is 0.245. The second-order valence-corrected chi connectivity index (χ2v) is 3.41. The van der Waals surface area contributed by atoms with E-state index in [-0.39, 0.29) is 11.9 Å². The van der Waals surface area contributed by atoms with E-state index < -0.39 is 0 Å². The molecule has 0 aliphatic carbocycles. The molecule has 0 fully saturated rings. The third kappa shape index (κ3) is 16.0. The van der Waals surface area contributed by atoms with Gasteiger partial charge in [-0.15, -0.1) is 0 Å². The second kappa shape index (κ2) is 12.4. The Balaban J connectivity index is 0. The maximum Gasteiger partial charge on any atom is 0.302 e. The molecule has 1 rings (SSSR count). The van der Waals surface area contributed by atoms with Crippen molar-refractivity contribution in [2.75, 3.05) is 21.3 Å². The third-order valence-electron chi connectivity index (χ3n) is 1.83.